The molecule has 0 radical (unpaired) electrons. The molecule has 0 spiro atoms. The van der Waals surface area contributed by atoms with Gasteiger partial charge in [0.15, 0.2) is 0 Å². The highest BCUT2D eigenvalue weighted by Gasteiger charge is 2.26. The molecule has 0 aliphatic carbocycles. The van der Waals surface area contributed by atoms with Crippen LogP contribution in [0, 0.1) is 0 Å². The third-order valence-corrected chi connectivity index (χ3v) is 4.19. The van der Waals surface area contributed by atoms with Crippen molar-refractivity contribution in [2.75, 3.05) is 25.0 Å². The molecule has 1 fully saturated rings. The van der Waals surface area contributed by atoms with E-state index in [0.717, 1.165) is 56.6 Å². The highest BCUT2D eigenvalue weighted by Crippen LogP contribution is 2.31. The van der Waals surface area contributed by atoms with Crippen LogP contribution >= 0.6 is 0 Å². The van der Waals surface area contributed by atoms with Gasteiger partial charge in [0.05, 0.1) is 12.0 Å². The molecule has 2 unspecified atom stereocenters. The van der Waals surface area contributed by atoms with Crippen LogP contribution in [-0.2, 0) is 9.53 Å². The summed E-state index contributed by atoms with van der Waals surface area (Å²) in [5.74, 6) is 0.133. The number of fused-ring (bicyclic) bond motifs is 1. The summed E-state index contributed by atoms with van der Waals surface area (Å²) in [5.41, 5.74) is 2.21. The van der Waals surface area contributed by atoms with E-state index < -0.39 is 0 Å². The molecule has 1 aromatic carbocycles. The third kappa shape index (κ3) is 2.96. The van der Waals surface area contributed by atoms with Crippen molar-refractivity contribution in [3.8, 4) is 0 Å². The van der Waals surface area contributed by atoms with E-state index in [1.54, 1.807) is 0 Å². The summed E-state index contributed by atoms with van der Waals surface area (Å²) < 4.78 is 5.58. The van der Waals surface area contributed by atoms with E-state index in [0.29, 0.717) is 6.10 Å². The number of ether oxygens (including phenoxy) is 1. The normalized spacial score (nSPS) is 24.8. The SMILES string of the molecule is O=C(NCCC1CCCO1)C1CCNc2ccccc21. The maximum atomic E-state index is 12.4. The van der Waals surface area contributed by atoms with E-state index in [1.807, 2.05) is 24.3 Å². The van der Waals surface area contributed by atoms with Gasteiger partial charge in [-0.2, -0.15) is 0 Å². The Labute approximate surface area is 119 Å². The molecule has 0 bridgehead atoms. The average Bonchev–Trinajstić information content (AvgIpc) is 3.00. The Morgan fingerprint density at radius 1 is 1.35 bits per heavy atom. The molecule has 108 valence electrons. The van der Waals surface area contributed by atoms with Crippen LogP contribution in [0.15, 0.2) is 24.3 Å². The summed E-state index contributed by atoms with van der Waals surface area (Å²) in [6.45, 7) is 2.46. The Morgan fingerprint density at radius 2 is 2.25 bits per heavy atom. The number of hydrogen-bond acceptors (Lipinski definition) is 3. The number of anilines is 1. The lowest BCUT2D eigenvalue weighted by atomic mass is 9.90. The van der Waals surface area contributed by atoms with Crippen LogP contribution in [0.3, 0.4) is 0 Å². The van der Waals surface area contributed by atoms with E-state index >= 15 is 0 Å². The predicted octanol–water partition coefficient (Wildman–Crippen LogP) is 2.27. The van der Waals surface area contributed by atoms with Gasteiger partial charge in [0, 0.05) is 25.4 Å². The Bertz CT molecular complexity index is 469. The van der Waals surface area contributed by atoms with E-state index in [2.05, 4.69) is 10.6 Å². The number of carbonyl (C=O) groups is 1. The number of carbonyl (C=O) groups excluding carboxylic acids is 1. The van der Waals surface area contributed by atoms with Gasteiger partial charge in [0.1, 0.15) is 0 Å². The van der Waals surface area contributed by atoms with Gasteiger partial charge in [-0.05, 0) is 37.3 Å². The first-order valence-electron chi connectivity index (χ1n) is 7.57. The minimum Gasteiger partial charge on any atom is -0.385 e. The number of para-hydroxylation sites is 1. The van der Waals surface area contributed by atoms with Gasteiger partial charge in [-0.1, -0.05) is 18.2 Å². The predicted molar refractivity (Wildman–Crippen MR) is 78.9 cm³/mol. The Balaban J connectivity index is 1.55. The molecule has 2 heterocycles. The number of hydrogen-bond donors (Lipinski definition) is 2. The van der Waals surface area contributed by atoms with Crippen molar-refractivity contribution in [3.05, 3.63) is 29.8 Å². The Morgan fingerprint density at radius 3 is 3.10 bits per heavy atom. The fourth-order valence-corrected chi connectivity index (χ4v) is 3.09. The molecular formula is C16H22N2O2. The van der Waals surface area contributed by atoms with E-state index in [4.69, 9.17) is 4.74 Å². The van der Waals surface area contributed by atoms with Crippen molar-refractivity contribution in [1.29, 1.82) is 0 Å². The topological polar surface area (TPSA) is 50.4 Å². The van der Waals surface area contributed by atoms with Crippen LogP contribution in [0.25, 0.3) is 0 Å². The van der Waals surface area contributed by atoms with Gasteiger partial charge < -0.3 is 15.4 Å². The zero-order chi connectivity index (χ0) is 13.8. The van der Waals surface area contributed by atoms with Crippen LogP contribution < -0.4 is 10.6 Å². The van der Waals surface area contributed by atoms with Gasteiger partial charge in [-0.25, -0.2) is 0 Å². The molecule has 4 heteroatoms. The first-order chi connectivity index (χ1) is 9.84. The first-order valence-corrected chi connectivity index (χ1v) is 7.57. The van der Waals surface area contributed by atoms with Crippen LogP contribution in [0.4, 0.5) is 5.69 Å². The van der Waals surface area contributed by atoms with Gasteiger partial charge in [-0.15, -0.1) is 0 Å². The molecule has 3 rings (SSSR count). The van der Waals surface area contributed by atoms with Crippen LogP contribution in [-0.4, -0.2) is 31.7 Å². The molecule has 2 atom stereocenters. The summed E-state index contributed by atoms with van der Waals surface area (Å²) >= 11 is 0. The number of benzene rings is 1. The minimum absolute atomic E-state index is 0.0167. The molecule has 1 amide bonds. The maximum Gasteiger partial charge on any atom is 0.227 e. The molecule has 4 nitrogen and oxygen atoms in total. The highest BCUT2D eigenvalue weighted by atomic mass is 16.5. The fourth-order valence-electron chi connectivity index (χ4n) is 3.09. The van der Waals surface area contributed by atoms with Gasteiger partial charge in [-0.3, -0.25) is 4.79 Å². The van der Waals surface area contributed by atoms with Crippen molar-refractivity contribution < 1.29 is 9.53 Å². The molecule has 1 saturated heterocycles. The largest absolute Gasteiger partial charge is 0.385 e. The van der Waals surface area contributed by atoms with Crippen molar-refractivity contribution in [1.82, 2.24) is 5.32 Å². The fraction of sp³-hybridized carbons (Fsp3) is 0.562. The molecule has 0 saturated carbocycles. The highest BCUT2D eigenvalue weighted by molar-refractivity contribution is 5.86. The number of rotatable bonds is 4. The average molecular weight is 274 g/mol. The van der Waals surface area contributed by atoms with Crippen LogP contribution in [0.1, 0.15) is 37.2 Å². The quantitative estimate of drug-likeness (QED) is 0.885. The molecule has 20 heavy (non-hydrogen) atoms. The maximum absolute atomic E-state index is 12.4. The number of nitrogens with one attached hydrogen (secondary N) is 2. The lowest BCUT2D eigenvalue weighted by Crippen LogP contribution is -2.34. The molecular weight excluding hydrogens is 252 g/mol. The first kappa shape index (κ1) is 13.4. The Kier molecular flexibility index (Phi) is 4.21. The van der Waals surface area contributed by atoms with E-state index in [-0.39, 0.29) is 11.8 Å². The van der Waals surface area contributed by atoms with Crippen LogP contribution in [0.5, 0.6) is 0 Å². The summed E-state index contributed by atoms with van der Waals surface area (Å²) in [4.78, 5) is 12.4. The van der Waals surface area contributed by atoms with Crippen molar-refractivity contribution in [2.24, 2.45) is 0 Å². The van der Waals surface area contributed by atoms with E-state index in [9.17, 15) is 4.79 Å². The van der Waals surface area contributed by atoms with Gasteiger partial charge in [0.25, 0.3) is 0 Å². The molecule has 1 aromatic rings. The number of amides is 1. The summed E-state index contributed by atoms with van der Waals surface area (Å²) in [7, 11) is 0. The molecule has 2 aliphatic heterocycles. The second-order valence-corrected chi connectivity index (χ2v) is 5.57. The molecule has 2 aliphatic rings. The summed E-state index contributed by atoms with van der Waals surface area (Å²) in [5, 5.41) is 6.42. The standard InChI is InChI=1S/C16H22N2O2/c19-16(18-9-7-12-4-3-11-20-12)14-8-10-17-15-6-2-1-5-13(14)15/h1-2,5-6,12,14,17H,3-4,7-11H2,(H,18,19). The molecule has 0 aromatic heterocycles. The van der Waals surface area contributed by atoms with Gasteiger partial charge in [0.2, 0.25) is 5.91 Å². The van der Waals surface area contributed by atoms with Gasteiger partial charge >= 0.3 is 0 Å². The second-order valence-electron chi connectivity index (χ2n) is 5.57. The van der Waals surface area contributed by atoms with Crippen LogP contribution in [0.2, 0.25) is 0 Å². The summed E-state index contributed by atoms with van der Waals surface area (Å²) in [6.07, 6.45) is 4.42. The van der Waals surface area contributed by atoms with Crippen molar-refractivity contribution >= 4 is 11.6 Å². The smallest absolute Gasteiger partial charge is 0.227 e. The molecule has 2 N–H and O–H groups in total. The lowest BCUT2D eigenvalue weighted by Gasteiger charge is -2.26. The minimum atomic E-state index is -0.0167. The van der Waals surface area contributed by atoms with Crippen molar-refractivity contribution in [2.45, 2.75) is 37.7 Å². The Hall–Kier alpha value is -1.55. The summed E-state index contributed by atoms with van der Waals surface area (Å²) in [6, 6.07) is 8.09. The third-order valence-electron chi connectivity index (χ3n) is 4.19. The zero-order valence-corrected chi connectivity index (χ0v) is 11.7. The van der Waals surface area contributed by atoms with Crippen molar-refractivity contribution in [3.63, 3.8) is 0 Å². The second kappa shape index (κ2) is 6.27. The lowest BCUT2D eigenvalue weighted by molar-refractivity contribution is -0.122. The zero-order valence-electron chi connectivity index (χ0n) is 11.7. The van der Waals surface area contributed by atoms with E-state index in [1.165, 1.54) is 0 Å². The monoisotopic (exact) mass is 274 g/mol.